The van der Waals surface area contributed by atoms with Crippen molar-refractivity contribution >= 4 is 0 Å². The van der Waals surface area contributed by atoms with Crippen molar-refractivity contribution in [2.24, 2.45) is 0 Å². The van der Waals surface area contributed by atoms with Gasteiger partial charge in [0.05, 0.1) is 5.69 Å². The van der Waals surface area contributed by atoms with Gasteiger partial charge in [-0.05, 0) is 29.3 Å². The van der Waals surface area contributed by atoms with Crippen molar-refractivity contribution in [1.29, 1.82) is 0 Å². The van der Waals surface area contributed by atoms with Crippen LogP contribution in [0.15, 0.2) is 29.1 Å². The lowest BCUT2D eigenvalue weighted by atomic mass is 10.0. The van der Waals surface area contributed by atoms with E-state index in [9.17, 15) is 4.79 Å². The lowest BCUT2D eigenvalue weighted by Gasteiger charge is -2.15. The fourth-order valence-electron chi connectivity index (χ4n) is 2.57. The van der Waals surface area contributed by atoms with E-state index in [0.717, 1.165) is 48.5 Å². The summed E-state index contributed by atoms with van der Waals surface area (Å²) in [4.78, 5) is 19.0. The molecule has 0 N–H and O–H groups in total. The number of para-hydroxylation sites is 1. The molecule has 0 radical (unpaired) electrons. The van der Waals surface area contributed by atoms with E-state index in [1.807, 2.05) is 18.2 Å². The summed E-state index contributed by atoms with van der Waals surface area (Å²) in [6.07, 6.45) is 4.87. The fourth-order valence-corrected chi connectivity index (χ4v) is 2.57. The van der Waals surface area contributed by atoms with Crippen molar-refractivity contribution < 1.29 is 4.84 Å². The van der Waals surface area contributed by atoms with Gasteiger partial charge >= 0.3 is 5.69 Å². The average molecular weight is 273 g/mol. The van der Waals surface area contributed by atoms with E-state index in [4.69, 9.17) is 4.84 Å². The molecule has 0 amide bonds. The number of unbranched alkanes of at least 4 members (excludes halogenated alkanes) is 2. The van der Waals surface area contributed by atoms with E-state index >= 15 is 0 Å². The van der Waals surface area contributed by atoms with Gasteiger partial charge in [-0.15, -0.1) is 5.10 Å². The van der Waals surface area contributed by atoms with Gasteiger partial charge in [0.25, 0.3) is 0 Å². The van der Waals surface area contributed by atoms with Gasteiger partial charge < -0.3 is 4.84 Å². The zero-order valence-corrected chi connectivity index (χ0v) is 11.7. The molecular formula is C15H19N3O2. The van der Waals surface area contributed by atoms with E-state index in [2.05, 4.69) is 18.1 Å². The third-order valence-electron chi connectivity index (χ3n) is 3.63. The van der Waals surface area contributed by atoms with E-state index in [0.29, 0.717) is 6.61 Å². The topological polar surface area (TPSA) is 49.0 Å². The highest BCUT2D eigenvalue weighted by Gasteiger charge is 2.22. The molecule has 2 aromatic rings. The second-order valence-corrected chi connectivity index (χ2v) is 5.08. The van der Waals surface area contributed by atoms with Gasteiger partial charge in [-0.1, -0.05) is 38.0 Å². The molecule has 0 bridgehead atoms. The van der Waals surface area contributed by atoms with Gasteiger partial charge in [0.1, 0.15) is 12.4 Å². The third kappa shape index (κ3) is 2.24. The zero-order valence-electron chi connectivity index (χ0n) is 11.7. The van der Waals surface area contributed by atoms with Crippen molar-refractivity contribution in [3.05, 3.63) is 46.1 Å². The number of hydrogen-bond donors (Lipinski definition) is 0. The summed E-state index contributed by atoms with van der Waals surface area (Å²) in [6, 6.07) is 7.97. The summed E-state index contributed by atoms with van der Waals surface area (Å²) in [5, 5.41) is 4.29. The van der Waals surface area contributed by atoms with Crippen LogP contribution in [0.3, 0.4) is 0 Å². The molecule has 0 saturated carbocycles. The quantitative estimate of drug-likeness (QED) is 0.780. The molecule has 0 spiro atoms. The lowest BCUT2D eigenvalue weighted by molar-refractivity contribution is 0.0707. The Kier molecular flexibility index (Phi) is 3.58. The predicted molar refractivity (Wildman–Crippen MR) is 76.2 cm³/mol. The SMILES string of the molecule is CCCCCOn1nc2n(c1=O)-c1ccccc1CC2. The van der Waals surface area contributed by atoms with Gasteiger partial charge in [0, 0.05) is 6.42 Å². The average Bonchev–Trinajstić information content (AvgIpc) is 2.81. The molecule has 1 aliphatic rings. The number of fused-ring (bicyclic) bond motifs is 3. The van der Waals surface area contributed by atoms with Crippen molar-refractivity contribution in [3.63, 3.8) is 0 Å². The highest BCUT2D eigenvalue weighted by molar-refractivity contribution is 5.44. The Morgan fingerprint density at radius 3 is 2.95 bits per heavy atom. The Balaban J connectivity index is 1.88. The van der Waals surface area contributed by atoms with E-state index in [1.54, 1.807) is 4.57 Å². The molecule has 0 atom stereocenters. The van der Waals surface area contributed by atoms with Gasteiger partial charge in [0.15, 0.2) is 0 Å². The van der Waals surface area contributed by atoms with Crippen LogP contribution in [0.1, 0.15) is 37.6 Å². The highest BCUT2D eigenvalue weighted by atomic mass is 16.7. The first kappa shape index (κ1) is 13.0. The van der Waals surface area contributed by atoms with Crippen LogP contribution >= 0.6 is 0 Å². The number of benzene rings is 1. The molecule has 2 heterocycles. The van der Waals surface area contributed by atoms with Crippen LogP contribution < -0.4 is 10.5 Å². The molecule has 0 aliphatic carbocycles. The second-order valence-electron chi connectivity index (χ2n) is 5.08. The van der Waals surface area contributed by atoms with Crippen LogP contribution in [0.25, 0.3) is 5.69 Å². The monoisotopic (exact) mass is 273 g/mol. The summed E-state index contributed by atoms with van der Waals surface area (Å²) < 4.78 is 1.67. The van der Waals surface area contributed by atoms with Crippen LogP contribution in [-0.2, 0) is 12.8 Å². The third-order valence-corrected chi connectivity index (χ3v) is 3.63. The van der Waals surface area contributed by atoms with Crippen LogP contribution in [0.4, 0.5) is 0 Å². The standard InChI is InChI=1S/C15H19N3O2/c1-2-3-6-11-20-18-15(19)17-13-8-5-4-7-12(13)9-10-14(17)16-18/h4-5,7-8H,2-3,6,9-11H2,1H3. The molecule has 5 nitrogen and oxygen atoms in total. The van der Waals surface area contributed by atoms with Gasteiger partial charge in [-0.2, -0.15) is 0 Å². The number of rotatable bonds is 5. The number of aryl methyl sites for hydroxylation is 2. The summed E-state index contributed by atoms with van der Waals surface area (Å²) in [6.45, 7) is 2.67. The predicted octanol–water partition coefficient (Wildman–Crippen LogP) is 1.75. The first-order chi connectivity index (χ1) is 9.81. The highest BCUT2D eigenvalue weighted by Crippen LogP contribution is 2.21. The maximum atomic E-state index is 12.4. The Bertz CT molecular complexity index is 657. The maximum absolute atomic E-state index is 12.4. The van der Waals surface area contributed by atoms with E-state index in [-0.39, 0.29) is 5.69 Å². The summed E-state index contributed by atoms with van der Waals surface area (Å²) in [5.74, 6) is 0.782. The van der Waals surface area contributed by atoms with Crippen molar-refractivity contribution in [2.75, 3.05) is 6.61 Å². The minimum absolute atomic E-state index is 0.205. The Labute approximate surface area is 117 Å². The molecule has 20 heavy (non-hydrogen) atoms. The summed E-state index contributed by atoms with van der Waals surface area (Å²) in [7, 11) is 0. The minimum atomic E-state index is -0.205. The maximum Gasteiger partial charge on any atom is 0.384 e. The van der Waals surface area contributed by atoms with Crippen molar-refractivity contribution in [1.82, 2.24) is 14.5 Å². The molecular weight excluding hydrogens is 254 g/mol. The lowest BCUT2D eigenvalue weighted by Crippen LogP contribution is -2.31. The largest absolute Gasteiger partial charge is 0.392 e. The fraction of sp³-hybridized carbons (Fsp3) is 0.467. The van der Waals surface area contributed by atoms with Crippen molar-refractivity contribution in [3.8, 4) is 5.69 Å². The second kappa shape index (κ2) is 5.53. The molecule has 0 saturated heterocycles. The molecule has 5 heteroatoms. The molecule has 1 aromatic heterocycles. The van der Waals surface area contributed by atoms with Crippen LogP contribution in [0, 0.1) is 0 Å². The van der Waals surface area contributed by atoms with Gasteiger partial charge in [0.2, 0.25) is 0 Å². The number of nitrogens with zero attached hydrogens (tertiary/aromatic N) is 3. The number of aromatic nitrogens is 3. The first-order valence-electron chi connectivity index (χ1n) is 7.23. The normalized spacial score (nSPS) is 12.8. The van der Waals surface area contributed by atoms with E-state index in [1.165, 1.54) is 5.56 Å². The zero-order chi connectivity index (χ0) is 13.9. The summed E-state index contributed by atoms with van der Waals surface area (Å²) >= 11 is 0. The molecule has 0 unspecified atom stereocenters. The van der Waals surface area contributed by atoms with Gasteiger partial charge in [-0.25, -0.2) is 9.36 Å². The molecule has 1 aromatic carbocycles. The minimum Gasteiger partial charge on any atom is -0.392 e. The van der Waals surface area contributed by atoms with Crippen molar-refractivity contribution in [2.45, 2.75) is 39.0 Å². The Morgan fingerprint density at radius 1 is 1.25 bits per heavy atom. The molecule has 1 aliphatic heterocycles. The molecule has 3 rings (SSSR count). The van der Waals surface area contributed by atoms with Crippen LogP contribution in [0.5, 0.6) is 0 Å². The van der Waals surface area contributed by atoms with Crippen LogP contribution in [-0.4, -0.2) is 21.1 Å². The molecule has 106 valence electrons. The van der Waals surface area contributed by atoms with Crippen LogP contribution in [0.2, 0.25) is 0 Å². The Hall–Kier alpha value is -2.04. The first-order valence-corrected chi connectivity index (χ1v) is 7.23. The molecule has 0 fully saturated rings. The smallest absolute Gasteiger partial charge is 0.384 e. The van der Waals surface area contributed by atoms with Gasteiger partial charge in [-0.3, -0.25) is 0 Å². The number of hydrogen-bond acceptors (Lipinski definition) is 3. The van der Waals surface area contributed by atoms with E-state index < -0.39 is 0 Å². The summed E-state index contributed by atoms with van der Waals surface area (Å²) in [5.41, 5.74) is 1.92. The Morgan fingerprint density at radius 2 is 2.10 bits per heavy atom.